The van der Waals surface area contributed by atoms with Crippen LogP contribution in [0.5, 0.6) is 0 Å². The molecule has 5 rings (SSSR count). The van der Waals surface area contributed by atoms with Gasteiger partial charge in [-0.25, -0.2) is 0 Å². The van der Waals surface area contributed by atoms with E-state index in [0.29, 0.717) is 0 Å². The van der Waals surface area contributed by atoms with Crippen LogP contribution in [0.2, 0.25) is 0 Å². The molecule has 0 aliphatic rings. The van der Waals surface area contributed by atoms with Crippen LogP contribution in [-0.4, -0.2) is 9.97 Å². The number of aromatic nitrogens is 2. The van der Waals surface area contributed by atoms with Crippen LogP contribution in [0.1, 0.15) is 16.7 Å². The number of hydrogen-bond donors (Lipinski definition) is 0. The van der Waals surface area contributed by atoms with E-state index in [0.717, 1.165) is 39.6 Å². The summed E-state index contributed by atoms with van der Waals surface area (Å²) in [5.41, 5.74) is 10.3. The van der Waals surface area contributed by atoms with Crippen molar-refractivity contribution in [1.82, 2.24) is 9.97 Å². The summed E-state index contributed by atoms with van der Waals surface area (Å²) in [7, 11) is 0. The number of rotatable bonds is 5. The van der Waals surface area contributed by atoms with E-state index in [-0.39, 0.29) is 21.1 Å². The SMILES string of the molecule is Cc1cc(C)c(N(c2[c-]c(-c3ccccn3)ccc2)c2[c-]c(-c3ccccn3)ccc2)c(C)c1.[Pt+2]. The normalized spacial score (nSPS) is 10.5. The van der Waals surface area contributed by atoms with E-state index < -0.39 is 0 Å². The summed E-state index contributed by atoms with van der Waals surface area (Å²) in [5, 5.41) is 0. The van der Waals surface area contributed by atoms with Gasteiger partial charge in [0.2, 0.25) is 0 Å². The van der Waals surface area contributed by atoms with Gasteiger partial charge in [0.05, 0.1) is 0 Å². The first-order chi connectivity index (χ1) is 16.6. The summed E-state index contributed by atoms with van der Waals surface area (Å²) in [4.78, 5) is 11.3. The largest absolute Gasteiger partial charge is 2.00 e. The maximum Gasteiger partial charge on any atom is 2.00 e. The molecule has 5 aromatic rings. The van der Waals surface area contributed by atoms with Crippen molar-refractivity contribution in [3.8, 4) is 22.5 Å². The monoisotopic (exact) mass is 634 g/mol. The molecule has 3 nitrogen and oxygen atoms in total. The molecule has 2 heterocycles. The second-order valence-corrected chi connectivity index (χ2v) is 8.41. The van der Waals surface area contributed by atoms with Crippen LogP contribution >= 0.6 is 0 Å². The Hall–Kier alpha value is -3.55. The van der Waals surface area contributed by atoms with Crippen molar-refractivity contribution >= 4 is 17.1 Å². The number of benzene rings is 3. The van der Waals surface area contributed by atoms with Crippen LogP contribution in [0.25, 0.3) is 22.5 Å². The molecule has 0 saturated carbocycles. The molecule has 2 aromatic heterocycles. The van der Waals surface area contributed by atoms with Gasteiger partial charge in [-0.05, 0) is 66.8 Å². The van der Waals surface area contributed by atoms with E-state index in [4.69, 9.17) is 0 Å². The number of pyridine rings is 2. The van der Waals surface area contributed by atoms with Crippen LogP contribution in [0.15, 0.2) is 97.3 Å². The molecule has 35 heavy (non-hydrogen) atoms. The summed E-state index contributed by atoms with van der Waals surface area (Å²) in [6, 6.07) is 35.9. The second kappa shape index (κ2) is 10.8. The van der Waals surface area contributed by atoms with E-state index in [2.05, 4.69) is 84.2 Å². The maximum absolute atomic E-state index is 4.53. The average molecular weight is 635 g/mol. The van der Waals surface area contributed by atoms with E-state index in [9.17, 15) is 0 Å². The van der Waals surface area contributed by atoms with Gasteiger partial charge in [0.1, 0.15) is 0 Å². The zero-order chi connectivity index (χ0) is 23.5. The summed E-state index contributed by atoms with van der Waals surface area (Å²) in [6.45, 7) is 6.46. The predicted octanol–water partition coefficient (Wildman–Crippen LogP) is 7.80. The predicted molar refractivity (Wildman–Crippen MR) is 139 cm³/mol. The summed E-state index contributed by atoms with van der Waals surface area (Å²) in [5.74, 6) is 0. The molecule has 174 valence electrons. The fourth-order valence-electron chi connectivity index (χ4n) is 4.41. The minimum absolute atomic E-state index is 0. The Labute approximate surface area is 221 Å². The third-order valence-corrected chi connectivity index (χ3v) is 5.78. The second-order valence-electron chi connectivity index (χ2n) is 8.41. The van der Waals surface area contributed by atoms with Crippen molar-refractivity contribution in [3.05, 3.63) is 126 Å². The number of hydrogen-bond acceptors (Lipinski definition) is 3. The Morgan fingerprint density at radius 1 is 0.600 bits per heavy atom. The smallest absolute Gasteiger partial charge is 0.346 e. The number of aryl methyl sites for hydroxylation is 3. The van der Waals surface area contributed by atoms with Gasteiger partial charge in [-0.1, -0.05) is 42.0 Å². The molecule has 0 amide bonds. The first kappa shape index (κ1) is 24.6. The quantitative estimate of drug-likeness (QED) is 0.185. The van der Waals surface area contributed by atoms with Crippen molar-refractivity contribution in [2.24, 2.45) is 0 Å². The molecule has 0 saturated heterocycles. The van der Waals surface area contributed by atoms with Crippen molar-refractivity contribution < 1.29 is 21.1 Å². The van der Waals surface area contributed by atoms with E-state index in [1.807, 2.05) is 60.9 Å². The summed E-state index contributed by atoms with van der Waals surface area (Å²) >= 11 is 0. The Morgan fingerprint density at radius 3 is 1.51 bits per heavy atom. The third-order valence-electron chi connectivity index (χ3n) is 5.78. The fraction of sp³-hybridized carbons (Fsp3) is 0.0968. The summed E-state index contributed by atoms with van der Waals surface area (Å²) < 4.78 is 0. The molecule has 4 heteroatoms. The van der Waals surface area contributed by atoms with E-state index in [1.165, 1.54) is 16.7 Å². The molecule has 0 aliphatic carbocycles. The first-order valence-corrected chi connectivity index (χ1v) is 11.4. The standard InChI is InChI=1S/C31H25N3.Pt/c1-22-18-23(2)31(24(3)19-22)34(27-12-8-10-25(20-27)29-14-4-6-16-32-29)28-13-9-11-26(21-28)30-15-5-7-17-33-30;/h4-19H,1-3H3;/q-2;+2. The molecule has 0 radical (unpaired) electrons. The maximum atomic E-state index is 4.53. The molecule has 0 aliphatic heterocycles. The van der Waals surface area contributed by atoms with Gasteiger partial charge in [0.15, 0.2) is 0 Å². The molecule has 0 fully saturated rings. The molecule has 3 aromatic carbocycles. The van der Waals surface area contributed by atoms with E-state index >= 15 is 0 Å². The van der Waals surface area contributed by atoms with Gasteiger partial charge < -0.3 is 14.9 Å². The van der Waals surface area contributed by atoms with Crippen molar-refractivity contribution in [3.63, 3.8) is 0 Å². The molecule has 0 bridgehead atoms. The van der Waals surface area contributed by atoms with Gasteiger partial charge in [0, 0.05) is 18.1 Å². The van der Waals surface area contributed by atoms with Gasteiger partial charge in [-0.2, -0.15) is 0 Å². The van der Waals surface area contributed by atoms with Gasteiger partial charge in [-0.15, -0.1) is 59.7 Å². The van der Waals surface area contributed by atoms with Crippen LogP contribution in [0.3, 0.4) is 0 Å². The topological polar surface area (TPSA) is 29.0 Å². The molecule has 0 N–H and O–H groups in total. The summed E-state index contributed by atoms with van der Waals surface area (Å²) in [6.07, 6.45) is 3.62. The van der Waals surface area contributed by atoms with Crippen molar-refractivity contribution in [2.45, 2.75) is 20.8 Å². The van der Waals surface area contributed by atoms with Crippen LogP contribution in [0.4, 0.5) is 17.1 Å². The molecule has 0 spiro atoms. The van der Waals surface area contributed by atoms with Crippen molar-refractivity contribution in [1.29, 1.82) is 0 Å². The zero-order valence-corrected chi connectivity index (χ0v) is 22.2. The molecular formula is C31H25N3Pt. The Morgan fingerprint density at radius 2 is 1.09 bits per heavy atom. The fourth-order valence-corrected chi connectivity index (χ4v) is 4.41. The van der Waals surface area contributed by atoms with Crippen molar-refractivity contribution in [2.75, 3.05) is 4.90 Å². The van der Waals surface area contributed by atoms with Crippen LogP contribution < -0.4 is 4.90 Å². The van der Waals surface area contributed by atoms with Crippen LogP contribution in [-0.2, 0) is 21.1 Å². The van der Waals surface area contributed by atoms with E-state index in [1.54, 1.807) is 0 Å². The Bertz CT molecular complexity index is 1330. The molecule has 0 atom stereocenters. The Kier molecular flexibility index (Phi) is 7.58. The average Bonchev–Trinajstić information content (AvgIpc) is 2.87. The minimum atomic E-state index is 0. The molecular weight excluding hydrogens is 609 g/mol. The first-order valence-electron chi connectivity index (χ1n) is 11.4. The van der Waals surface area contributed by atoms with Crippen LogP contribution in [0, 0.1) is 32.9 Å². The third kappa shape index (κ3) is 5.26. The van der Waals surface area contributed by atoms with Gasteiger partial charge in [0.25, 0.3) is 0 Å². The van der Waals surface area contributed by atoms with Gasteiger partial charge >= 0.3 is 21.1 Å². The number of anilines is 3. The van der Waals surface area contributed by atoms with Gasteiger partial charge in [-0.3, -0.25) is 0 Å². The number of nitrogens with zero attached hydrogens (tertiary/aromatic N) is 3. The molecule has 0 unspecified atom stereocenters. The zero-order valence-electron chi connectivity index (χ0n) is 19.9. The Balaban J connectivity index is 0.00000289. The minimum Gasteiger partial charge on any atom is -0.346 e.